The summed E-state index contributed by atoms with van der Waals surface area (Å²) in [6, 6.07) is 11.8. The molecule has 1 amide bonds. The van der Waals surface area contributed by atoms with E-state index in [1.165, 1.54) is 0 Å². The topological polar surface area (TPSA) is 66.4 Å². The van der Waals surface area contributed by atoms with Crippen LogP contribution < -0.4 is 5.32 Å². The molecule has 0 bridgehead atoms. The first-order valence-corrected chi connectivity index (χ1v) is 9.95. The summed E-state index contributed by atoms with van der Waals surface area (Å²) in [5, 5.41) is 15.0. The van der Waals surface area contributed by atoms with Crippen LogP contribution in [0.15, 0.2) is 47.8 Å². The SMILES string of the molecule is O=C(Nc1scc(-c2ccc(Cl)cc2Cl)c1C(=O)O)c1ccc(I)cc1. The van der Waals surface area contributed by atoms with Crippen LogP contribution in [0.1, 0.15) is 20.7 Å². The van der Waals surface area contributed by atoms with Crippen LogP contribution in [0, 0.1) is 3.57 Å². The van der Waals surface area contributed by atoms with E-state index in [0.717, 1.165) is 14.9 Å². The Bertz CT molecular complexity index is 1000. The average Bonchev–Trinajstić information content (AvgIpc) is 2.99. The van der Waals surface area contributed by atoms with Crippen molar-refractivity contribution in [2.24, 2.45) is 0 Å². The van der Waals surface area contributed by atoms with Crippen LogP contribution in [-0.4, -0.2) is 17.0 Å². The Balaban J connectivity index is 1.98. The minimum Gasteiger partial charge on any atom is -0.478 e. The van der Waals surface area contributed by atoms with Crippen LogP contribution in [0.5, 0.6) is 0 Å². The summed E-state index contributed by atoms with van der Waals surface area (Å²) in [5.41, 5.74) is 1.42. The van der Waals surface area contributed by atoms with Gasteiger partial charge in [-0.15, -0.1) is 11.3 Å². The van der Waals surface area contributed by atoms with Gasteiger partial charge in [0.25, 0.3) is 5.91 Å². The molecule has 0 radical (unpaired) electrons. The molecule has 0 aliphatic heterocycles. The molecule has 0 unspecified atom stereocenters. The highest BCUT2D eigenvalue weighted by Crippen LogP contribution is 2.39. The Kier molecular flexibility index (Phi) is 5.86. The molecule has 1 aromatic heterocycles. The van der Waals surface area contributed by atoms with Gasteiger partial charge in [0.2, 0.25) is 0 Å². The maximum Gasteiger partial charge on any atom is 0.339 e. The van der Waals surface area contributed by atoms with E-state index in [0.29, 0.717) is 26.7 Å². The Hall–Kier alpha value is -1.61. The Morgan fingerprint density at radius 2 is 1.73 bits per heavy atom. The molecule has 8 heteroatoms. The Labute approximate surface area is 176 Å². The number of hydrogen-bond donors (Lipinski definition) is 2. The molecule has 0 aliphatic rings. The Morgan fingerprint density at radius 1 is 1.04 bits per heavy atom. The van der Waals surface area contributed by atoms with E-state index >= 15 is 0 Å². The van der Waals surface area contributed by atoms with Crippen LogP contribution in [0.4, 0.5) is 5.00 Å². The lowest BCUT2D eigenvalue weighted by atomic mass is 10.0. The minimum absolute atomic E-state index is 0.00177. The van der Waals surface area contributed by atoms with E-state index in [4.69, 9.17) is 23.2 Å². The lowest BCUT2D eigenvalue weighted by Gasteiger charge is -2.07. The average molecular weight is 518 g/mol. The molecule has 0 spiro atoms. The highest BCUT2D eigenvalue weighted by atomic mass is 127. The van der Waals surface area contributed by atoms with Crippen LogP contribution in [0.3, 0.4) is 0 Å². The van der Waals surface area contributed by atoms with Gasteiger partial charge in [-0.25, -0.2) is 4.79 Å². The van der Waals surface area contributed by atoms with Crippen molar-refractivity contribution in [2.45, 2.75) is 0 Å². The predicted molar refractivity (Wildman–Crippen MR) is 114 cm³/mol. The van der Waals surface area contributed by atoms with E-state index in [2.05, 4.69) is 27.9 Å². The van der Waals surface area contributed by atoms with Crippen molar-refractivity contribution < 1.29 is 14.7 Å². The fraction of sp³-hybridized carbons (Fsp3) is 0. The lowest BCUT2D eigenvalue weighted by molar-refractivity contribution is 0.0699. The summed E-state index contributed by atoms with van der Waals surface area (Å²) in [7, 11) is 0. The molecule has 0 atom stereocenters. The maximum absolute atomic E-state index is 12.4. The van der Waals surface area contributed by atoms with Gasteiger partial charge in [-0.05, 0) is 59.0 Å². The van der Waals surface area contributed by atoms with Gasteiger partial charge < -0.3 is 10.4 Å². The number of thiophene rings is 1. The maximum atomic E-state index is 12.4. The molecule has 0 fully saturated rings. The number of hydrogen-bond acceptors (Lipinski definition) is 3. The van der Waals surface area contributed by atoms with Gasteiger partial charge in [0, 0.05) is 35.7 Å². The first-order chi connectivity index (χ1) is 12.4. The van der Waals surface area contributed by atoms with Crippen molar-refractivity contribution in [2.75, 3.05) is 5.32 Å². The first-order valence-electron chi connectivity index (χ1n) is 7.24. The second-order valence-electron chi connectivity index (χ2n) is 5.24. The zero-order valence-electron chi connectivity index (χ0n) is 12.9. The summed E-state index contributed by atoms with van der Waals surface area (Å²) in [5.74, 6) is -1.52. The summed E-state index contributed by atoms with van der Waals surface area (Å²) in [4.78, 5) is 24.2. The Morgan fingerprint density at radius 3 is 2.35 bits per heavy atom. The second kappa shape index (κ2) is 7.96. The van der Waals surface area contributed by atoms with Crippen LogP contribution >= 0.6 is 57.1 Å². The van der Waals surface area contributed by atoms with Crippen LogP contribution in [-0.2, 0) is 0 Å². The van der Waals surface area contributed by atoms with Crippen molar-refractivity contribution in [1.82, 2.24) is 0 Å². The van der Waals surface area contributed by atoms with E-state index in [9.17, 15) is 14.7 Å². The van der Waals surface area contributed by atoms with E-state index in [-0.39, 0.29) is 16.5 Å². The number of anilines is 1. The van der Waals surface area contributed by atoms with Crippen molar-refractivity contribution >= 4 is 74.0 Å². The number of benzene rings is 2. The third kappa shape index (κ3) is 4.03. The lowest BCUT2D eigenvalue weighted by Crippen LogP contribution is -2.13. The molecule has 2 N–H and O–H groups in total. The monoisotopic (exact) mass is 517 g/mol. The summed E-state index contributed by atoms with van der Waals surface area (Å²) in [6.45, 7) is 0. The number of carboxylic acid groups (broad SMARTS) is 1. The third-order valence-corrected chi connectivity index (χ3v) is 5.72. The van der Waals surface area contributed by atoms with Gasteiger partial charge in [0.05, 0.1) is 0 Å². The third-order valence-electron chi connectivity index (χ3n) is 3.56. The standard InChI is InChI=1S/C18H10Cl2INO3S/c19-10-3-6-12(14(20)7-10)13-8-26-17(15(13)18(24)25)22-16(23)9-1-4-11(21)5-2-9/h1-8H,(H,22,23)(H,24,25). The number of carbonyl (C=O) groups is 2. The fourth-order valence-corrected chi connectivity index (χ4v) is 4.16. The molecule has 0 aliphatic carbocycles. The molecule has 2 aromatic carbocycles. The molecular formula is C18H10Cl2INO3S. The van der Waals surface area contributed by atoms with Crippen LogP contribution in [0.2, 0.25) is 10.0 Å². The van der Waals surface area contributed by atoms with Crippen molar-refractivity contribution in [3.8, 4) is 11.1 Å². The largest absolute Gasteiger partial charge is 0.478 e. The molecule has 0 saturated heterocycles. The van der Waals surface area contributed by atoms with E-state index in [1.807, 2.05) is 0 Å². The number of carbonyl (C=O) groups excluding carboxylic acids is 1. The highest BCUT2D eigenvalue weighted by molar-refractivity contribution is 14.1. The van der Waals surface area contributed by atoms with E-state index in [1.54, 1.807) is 47.8 Å². The molecule has 26 heavy (non-hydrogen) atoms. The van der Waals surface area contributed by atoms with Crippen molar-refractivity contribution in [1.29, 1.82) is 0 Å². The molecule has 1 heterocycles. The number of nitrogens with one attached hydrogen (secondary N) is 1. The predicted octanol–water partition coefficient (Wildman–Crippen LogP) is 6.28. The zero-order chi connectivity index (χ0) is 18.8. The summed E-state index contributed by atoms with van der Waals surface area (Å²) in [6.07, 6.45) is 0. The number of aromatic carboxylic acids is 1. The van der Waals surface area contributed by atoms with Gasteiger partial charge in [-0.1, -0.05) is 29.3 Å². The number of amides is 1. The molecule has 4 nitrogen and oxygen atoms in total. The minimum atomic E-state index is -1.15. The van der Waals surface area contributed by atoms with Gasteiger partial charge in [0.1, 0.15) is 10.6 Å². The molecule has 0 saturated carbocycles. The number of carboxylic acids is 1. The first kappa shape index (κ1) is 19.2. The normalized spacial score (nSPS) is 10.6. The number of rotatable bonds is 4. The van der Waals surface area contributed by atoms with Crippen LogP contribution in [0.25, 0.3) is 11.1 Å². The number of halogens is 3. The molecule has 3 aromatic rings. The smallest absolute Gasteiger partial charge is 0.339 e. The quantitative estimate of drug-likeness (QED) is 0.400. The summed E-state index contributed by atoms with van der Waals surface area (Å²) >= 11 is 15.4. The zero-order valence-corrected chi connectivity index (χ0v) is 17.4. The molecular weight excluding hydrogens is 508 g/mol. The van der Waals surface area contributed by atoms with Gasteiger partial charge in [-0.3, -0.25) is 4.79 Å². The van der Waals surface area contributed by atoms with Gasteiger partial charge in [-0.2, -0.15) is 0 Å². The van der Waals surface area contributed by atoms with Gasteiger partial charge >= 0.3 is 5.97 Å². The highest BCUT2D eigenvalue weighted by Gasteiger charge is 2.22. The van der Waals surface area contributed by atoms with Crippen molar-refractivity contribution in [3.63, 3.8) is 0 Å². The summed E-state index contributed by atoms with van der Waals surface area (Å²) < 4.78 is 1.00. The van der Waals surface area contributed by atoms with Gasteiger partial charge in [0.15, 0.2) is 0 Å². The molecule has 3 rings (SSSR count). The van der Waals surface area contributed by atoms with E-state index < -0.39 is 5.97 Å². The fourth-order valence-electron chi connectivity index (χ4n) is 2.34. The molecule has 132 valence electrons. The van der Waals surface area contributed by atoms with Crippen molar-refractivity contribution in [3.05, 3.63) is 72.6 Å². The second-order valence-corrected chi connectivity index (χ2v) is 8.21.